The van der Waals surface area contributed by atoms with Gasteiger partial charge in [-0.1, -0.05) is 0 Å². The molecule has 4 saturated carbocycles. The molecule has 2 heterocycles. The number of benzene rings is 1. The Balaban J connectivity index is 1.25. The summed E-state index contributed by atoms with van der Waals surface area (Å²) in [5.41, 5.74) is 0.0381. The van der Waals surface area contributed by atoms with Crippen LogP contribution in [0.25, 0.3) is 0 Å². The number of carbonyl (C=O) groups is 4. The minimum Gasteiger partial charge on any atom is -0.427 e. The van der Waals surface area contributed by atoms with Crippen LogP contribution in [0, 0.1) is 23.2 Å². The number of anilines is 1. The first kappa shape index (κ1) is 25.5. The maximum Gasteiger partial charge on any atom is 0.308 e. The number of imide groups is 1. The predicted molar refractivity (Wildman–Crippen MR) is 138 cm³/mol. The van der Waals surface area contributed by atoms with E-state index in [9.17, 15) is 19.2 Å². The Bertz CT molecular complexity index is 1080. The van der Waals surface area contributed by atoms with E-state index in [-0.39, 0.29) is 29.6 Å². The van der Waals surface area contributed by atoms with Crippen LogP contribution >= 0.6 is 0 Å². The fourth-order valence-electron chi connectivity index (χ4n) is 8.11. The lowest BCUT2D eigenvalue weighted by Gasteiger charge is -2.57. The van der Waals surface area contributed by atoms with E-state index in [1.54, 1.807) is 29.2 Å². The SMILES string of the molecule is CC(=O)Oc1ccc(N2C(=O)CC(N(CCN3CCOCC3)C(=O)C34CC5CC(CC(C5)C3)C4)C2=O)cc1. The molecule has 2 saturated heterocycles. The summed E-state index contributed by atoms with van der Waals surface area (Å²) >= 11 is 0. The summed E-state index contributed by atoms with van der Waals surface area (Å²) in [6.07, 6.45) is 6.45. The van der Waals surface area contributed by atoms with E-state index in [4.69, 9.17) is 9.47 Å². The van der Waals surface area contributed by atoms with Crippen molar-refractivity contribution < 1.29 is 28.7 Å². The van der Waals surface area contributed by atoms with Crippen molar-refractivity contribution >= 4 is 29.4 Å². The molecule has 1 aromatic rings. The summed E-state index contributed by atoms with van der Waals surface area (Å²) in [7, 11) is 0. The van der Waals surface area contributed by atoms with Crippen LogP contribution in [0.3, 0.4) is 0 Å². The lowest BCUT2D eigenvalue weighted by atomic mass is 9.49. The first-order valence-electron chi connectivity index (χ1n) is 14.1. The third-order valence-electron chi connectivity index (χ3n) is 9.37. The Morgan fingerprint density at radius 3 is 2.18 bits per heavy atom. The molecular weight excluding hydrogens is 486 g/mol. The van der Waals surface area contributed by atoms with E-state index < -0.39 is 12.0 Å². The average molecular weight is 524 g/mol. The monoisotopic (exact) mass is 523 g/mol. The van der Waals surface area contributed by atoms with Gasteiger partial charge in [0.25, 0.3) is 5.91 Å². The van der Waals surface area contributed by atoms with Gasteiger partial charge in [-0.05, 0) is 80.5 Å². The van der Waals surface area contributed by atoms with E-state index in [0.717, 1.165) is 32.4 Å². The number of carbonyl (C=O) groups excluding carboxylic acids is 4. The van der Waals surface area contributed by atoms with E-state index in [1.165, 1.54) is 31.1 Å². The van der Waals surface area contributed by atoms with Gasteiger partial charge in [0.15, 0.2) is 0 Å². The molecule has 9 nitrogen and oxygen atoms in total. The topological polar surface area (TPSA) is 96.5 Å². The summed E-state index contributed by atoms with van der Waals surface area (Å²) in [4.78, 5) is 57.9. The van der Waals surface area contributed by atoms with Crippen LogP contribution in [-0.4, -0.2) is 78.9 Å². The van der Waals surface area contributed by atoms with Crippen molar-refractivity contribution in [2.45, 2.75) is 57.9 Å². The van der Waals surface area contributed by atoms with Gasteiger partial charge in [0.2, 0.25) is 11.8 Å². The highest BCUT2D eigenvalue weighted by molar-refractivity contribution is 6.23. The van der Waals surface area contributed by atoms with Gasteiger partial charge in [0, 0.05) is 33.1 Å². The molecule has 1 aromatic carbocycles. The van der Waals surface area contributed by atoms with E-state index >= 15 is 0 Å². The largest absolute Gasteiger partial charge is 0.427 e. The average Bonchev–Trinajstić information content (AvgIpc) is 3.17. The molecule has 2 aliphatic heterocycles. The van der Waals surface area contributed by atoms with Gasteiger partial charge in [0.1, 0.15) is 11.8 Å². The Morgan fingerprint density at radius 2 is 1.61 bits per heavy atom. The van der Waals surface area contributed by atoms with Gasteiger partial charge in [0.05, 0.1) is 30.7 Å². The molecule has 0 N–H and O–H groups in total. The normalized spacial score (nSPS) is 32.6. The Labute approximate surface area is 223 Å². The molecule has 3 amide bonds. The smallest absolute Gasteiger partial charge is 0.308 e. The molecule has 1 atom stereocenters. The third-order valence-corrected chi connectivity index (χ3v) is 9.37. The maximum atomic E-state index is 14.5. The second kappa shape index (κ2) is 10.1. The van der Waals surface area contributed by atoms with Gasteiger partial charge in [-0.15, -0.1) is 0 Å². The maximum absolute atomic E-state index is 14.5. The van der Waals surface area contributed by atoms with Crippen LogP contribution in [0.5, 0.6) is 5.75 Å². The zero-order valence-corrected chi connectivity index (χ0v) is 22.1. The zero-order valence-electron chi connectivity index (χ0n) is 22.1. The van der Waals surface area contributed by atoms with Gasteiger partial charge in [-0.3, -0.25) is 24.1 Å². The second-order valence-electron chi connectivity index (χ2n) is 12.0. The number of hydrogen-bond donors (Lipinski definition) is 0. The van der Waals surface area contributed by atoms with Crippen LogP contribution in [0.1, 0.15) is 51.9 Å². The highest BCUT2D eigenvalue weighted by Gasteiger charge is 2.57. The number of hydrogen-bond acceptors (Lipinski definition) is 7. The van der Waals surface area contributed by atoms with Crippen molar-refractivity contribution in [2.75, 3.05) is 44.3 Å². The number of rotatable bonds is 7. The minimum atomic E-state index is -0.794. The Kier molecular flexibility index (Phi) is 6.76. The Hall–Kier alpha value is -2.78. The molecule has 0 radical (unpaired) electrons. The number of morpholine rings is 1. The van der Waals surface area contributed by atoms with Crippen LogP contribution in [0.15, 0.2) is 24.3 Å². The van der Waals surface area contributed by atoms with E-state index in [2.05, 4.69) is 4.90 Å². The minimum absolute atomic E-state index is 0.00819. The lowest BCUT2D eigenvalue weighted by molar-refractivity contribution is -0.162. The second-order valence-corrected chi connectivity index (χ2v) is 12.0. The molecule has 38 heavy (non-hydrogen) atoms. The number of esters is 1. The molecule has 6 fully saturated rings. The van der Waals surface area contributed by atoms with Crippen molar-refractivity contribution in [1.29, 1.82) is 0 Å². The molecule has 4 bridgehead atoms. The molecule has 1 unspecified atom stereocenters. The molecule has 0 spiro atoms. The molecular formula is C29H37N3O6. The molecule has 0 aromatic heterocycles. The van der Waals surface area contributed by atoms with Crippen molar-refractivity contribution in [1.82, 2.24) is 9.80 Å². The number of amides is 3. The van der Waals surface area contributed by atoms with Gasteiger partial charge >= 0.3 is 5.97 Å². The molecule has 4 aliphatic carbocycles. The van der Waals surface area contributed by atoms with Gasteiger partial charge < -0.3 is 14.4 Å². The molecule has 9 heteroatoms. The molecule has 6 aliphatic rings. The predicted octanol–water partition coefficient (Wildman–Crippen LogP) is 2.62. The fraction of sp³-hybridized carbons (Fsp3) is 0.655. The molecule has 204 valence electrons. The summed E-state index contributed by atoms with van der Waals surface area (Å²) in [6.45, 7) is 5.36. The number of ether oxygens (including phenoxy) is 2. The van der Waals surface area contributed by atoms with Crippen molar-refractivity contribution in [3.05, 3.63) is 24.3 Å². The van der Waals surface area contributed by atoms with Crippen LogP contribution in [0.2, 0.25) is 0 Å². The molecule has 7 rings (SSSR count). The first-order valence-corrected chi connectivity index (χ1v) is 14.1. The van der Waals surface area contributed by atoms with Gasteiger partial charge in [-0.25, -0.2) is 4.90 Å². The summed E-state index contributed by atoms with van der Waals surface area (Å²) in [5.74, 6) is 1.16. The lowest BCUT2D eigenvalue weighted by Crippen LogP contribution is -2.58. The Morgan fingerprint density at radius 1 is 1.00 bits per heavy atom. The first-order chi connectivity index (χ1) is 18.3. The summed E-state index contributed by atoms with van der Waals surface area (Å²) < 4.78 is 10.6. The highest BCUT2D eigenvalue weighted by Crippen LogP contribution is 2.60. The van der Waals surface area contributed by atoms with Crippen LogP contribution < -0.4 is 9.64 Å². The summed E-state index contributed by atoms with van der Waals surface area (Å²) in [5, 5.41) is 0. The van der Waals surface area contributed by atoms with Gasteiger partial charge in [-0.2, -0.15) is 0 Å². The van der Waals surface area contributed by atoms with Crippen LogP contribution in [-0.2, 0) is 23.9 Å². The highest BCUT2D eigenvalue weighted by atomic mass is 16.5. The zero-order chi connectivity index (χ0) is 26.4. The summed E-state index contributed by atoms with van der Waals surface area (Å²) in [6, 6.07) is 5.56. The quantitative estimate of drug-likeness (QED) is 0.308. The van der Waals surface area contributed by atoms with Crippen molar-refractivity contribution in [3.8, 4) is 5.75 Å². The van der Waals surface area contributed by atoms with Crippen molar-refractivity contribution in [3.63, 3.8) is 0 Å². The third kappa shape index (κ3) is 4.75. The standard InChI is InChI=1S/C29H37N3O6/c1-19(33)38-24-4-2-23(3-5-24)32-26(34)15-25(27(32)35)31(7-6-30-8-10-37-11-9-30)28(36)29-16-20-12-21(17-29)14-22(13-20)18-29/h2-5,20-22,25H,6-18H2,1H3. The van der Waals surface area contributed by atoms with E-state index in [1.807, 2.05) is 0 Å². The fourth-order valence-corrected chi connectivity index (χ4v) is 8.11. The van der Waals surface area contributed by atoms with E-state index in [0.29, 0.717) is 55.5 Å². The van der Waals surface area contributed by atoms with Crippen molar-refractivity contribution in [2.24, 2.45) is 23.2 Å². The number of nitrogens with zero attached hydrogens (tertiary/aromatic N) is 3. The van der Waals surface area contributed by atoms with Crippen LogP contribution in [0.4, 0.5) is 5.69 Å².